The molecular weight excluding hydrogens is 340 g/mol. The Balaban J connectivity index is 2.62. The van der Waals surface area contributed by atoms with E-state index in [4.69, 9.17) is 4.99 Å². The van der Waals surface area contributed by atoms with Crippen molar-refractivity contribution in [1.82, 2.24) is 0 Å². The molecule has 28 heavy (non-hydrogen) atoms. The van der Waals surface area contributed by atoms with Gasteiger partial charge in [-0.15, -0.1) is 0 Å². The lowest BCUT2D eigenvalue weighted by Gasteiger charge is -2.16. The van der Waals surface area contributed by atoms with Crippen LogP contribution in [0.5, 0.6) is 0 Å². The first kappa shape index (κ1) is 21.3. The molecule has 0 aliphatic rings. The van der Waals surface area contributed by atoms with Gasteiger partial charge in [-0.05, 0) is 49.5 Å². The Morgan fingerprint density at radius 2 is 1.82 bits per heavy atom. The highest BCUT2D eigenvalue weighted by Crippen LogP contribution is 2.37. The molecule has 0 aliphatic carbocycles. The van der Waals surface area contributed by atoms with Gasteiger partial charge in [0.2, 0.25) is 0 Å². The fraction of sp³-hybridized carbons (Fsp3) is 0.231. The van der Waals surface area contributed by atoms with Crippen molar-refractivity contribution >= 4 is 23.2 Å². The summed E-state index contributed by atoms with van der Waals surface area (Å²) >= 11 is 0. The Hall–Kier alpha value is -3.00. The molecule has 0 fully saturated rings. The van der Waals surface area contributed by atoms with Crippen LogP contribution in [0.2, 0.25) is 0 Å². The number of allylic oxidation sites excluding steroid dienone is 3. The molecule has 0 atom stereocenters. The molecule has 2 nitrogen and oxygen atoms in total. The first-order valence-electron chi connectivity index (χ1n) is 9.85. The minimum Gasteiger partial charge on any atom is -0.269 e. The summed E-state index contributed by atoms with van der Waals surface area (Å²) in [5.74, 6) is 0. The van der Waals surface area contributed by atoms with Gasteiger partial charge < -0.3 is 0 Å². The molecule has 0 spiro atoms. The highest BCUT2D eigenvalue weighted by atomic mass is 14.8. The lowest BCUT2D eigenvalue weighted by Crippen LogP contribution is -1.96. The van der Waals surface area contributed by atoms with Crippen LogP contribution in [-0.2, 0) is 0 Å². The van der Waals surface area contributed by atoms with E-state index >= 15 is 0 Å². The molecule has 2 heteroatoms. The predicted molar refractivity (Wildman–Crippen MR) is 126 cm³/mol. The monoisotopic (exact) mass is 370 g/mol. The van der Waals surface area contributed by atoms with E-state index in [1.54, 1.807) is 18.5 Å². The van der Waals surface area contributed by atoms with E-state index in [1.165, 1.54) is 11.1 Å². The summed E-state index contributed by atoms with van der Waals surface area (Å²) in [5.41, 5.74) is 7.34. The van der Waals surface area contributed by atoms with Crippen molar-refractivity contribution in [3.63, 3.8) is 0 Å². The topological polar surface area (TPSA) is 24.7 Å². The van der Waals surface area contributed by atoms with Crippen molar-refractivity contribution in [1.29, 1.82) is 0 Å². The van der Waals surface area contributed by atoms with Crippen LogP contribution in [0, 0.1) is 0 Å². The molecule has 2 aromatic rings. The molecule has 0 N–H and O–H groups in total. The molecule has 0 radical (unpaired) electrons. The molecular formula is C26H30N2. The Labute approximate surface area is 169 Å². The largest absolute Gasteiger partial charge is 0.269 e. The van der Waals surface area contributed by atoms with E-state index in [-0.39, 0.29) is 0 Å². The van der Waals surface area contributed by atoms with E-state index in [1.807, 2.05) is 19.9 Å². The van der Waals surface area contributed by atoms with Crippen molar-refractivity contribution in [2.45, 2.75) is 40.0 Å². The van der Waals surface area contributed by atoms with E-state index < -0.39 is 0 Å². The third-order valence-corrected chi connectivity index (χ3v) is 4.60. The zero-order valence-electron chi connectivity index (χ0n) is 17.3. The summed E-state index contributed by atoms with van der Waals surface area (Å²) in [7, 11) is 0. The molecule has 0 aliphatic heterocycles. The van der Waals surface area contributed by atoms with Crippen molar-refractivity contribution in [3.05, 3.63) is 85.1 Å². The Morgan fingerprint density at radius 3 is 2.46 bits per heavy atom. The molecule has 0 bridgehead atoms. The van der Waals surface area contributed by atoms with Crippen LogP contribution in [0.3, 0.4) is 0 Å². The second-order valence-electron chi connectivity index (χ2n) is 6.67. The normalized spacial score (nSPS) is 12.4. The van der Waals surface area contributed by atoms with Gasteiger partial charge in [-0.1, -0.05) is 75.0 Å². The maximum absolute atomic E-state index is 4.94. The number of nitrogens with zero attached hydrogens (tertiary/aromatic N) is 2. The Bertz CT molecular complexity index is 899. The third-order valence-electron chi connectivity index (χ3n) is 4.60. The van der Waals surface area contributed by atoms with Gasteiger partial charge in [0.05, 0.1) is 5.69 Å². The summed E-state index contributed by atoms with van der Waals surface area (Å²) in [5, 5.41) is 0. The van der Waals surface area contributed by atoms with Crippen LogP contribution in [0.15, 0.2) is 89.5 Å². The zero-order chi connectivity index (χ0) is 20.4. The van der Waals surface area contributed by atoms with Gasteiger partial charge in [0.25, 0.3) is 0 Å². The zero-order valence-corrected chi connectivity index (χ0v) is 17.3. The van der Waals surface area contributed by atoms with Crippen LogP contribution in [0.4, 0.5) is 5.69 Å². The minimum atomic E-state index is 0.885. The number of unbranched alkanes of at least 4 members (excludes halogenated alkanes) is 1. The Morgan fingerprint density at radius 1 is 1.07 bits per heavy atom. The van der Waals surface area contributed by atoms with Gasteiger partial charge in [-0.25, -0.2) is 0 Å². The van der Waals surface area contributed by atoms with Gasteiger partial charge in [0.1, 0.15) is 0 Å². The minimum absolute atomic E-state index is 0.885. The second-order valence-corrected chi connectivity index (χ2v) is 6.67. The van der Waals surface area contributed by atoms with E-state index in [0.717, 1.165) is 47.4 Å². The highest BCUT2D eigenvalue weighted by molar-refractivity contribution is 6.03. The van der Waals surface area contributed by atoms with Crippen molar-refractivity contribution in [3.8, 4) is 11.1 Å². The average molecular weight is 371 g/mol. The first-order chi connectivity index (χ1) is 13.6. The summed E-state index contributed by atoms with van der Waals surface area (Å²) in [6.45, 7) is 14.4. The second kappa shape index (κ2) is 11.0. The van der Waals surface area contributed by atoms with Gasteiger partial charge in [-0.2, -0.15) is 0 Å². The maximum Gasteiger partial charge on any atom is 0.0714 e. The number of hydrogen-bond donors (Lipinski definition) is 0. The summed E-state index contributed by atoms with van der Waals surface area (Å²) in [6, 6.07) is 16.7. The fourth-order valence-electron chi connectivity index (χ4n) is 3.07. The lowest BCUT2D eigenvalue weighted by atomic mass is 9.91. The SMILES string of the molecule is C=C/C(=C\N=CC)C(C)=Nc1cccc(-c2ccccc2)c1C(=C)CCCC. The molecule has 144 valence electrons. The summed E-state index contributed by atoms with van der Waals surface area (Å²) < 4.78 is 0. The standard InChI is InChI=1S/C26H30N2/c1-6-9-14-20(4)26-24(23-15-11-10-12-16-23)17-13-18-25(26)28-21(5)22(7-2)19-27-8-3/h7-8,10-13,15-19H,2,4,6,9,14H2,1,3,5H3/b22-19+,27-8?,28-21?. The predicted octanol–water partition coefficient (Wildman–Crippen LogP) is 7.81. The summed E-state index contributed by atoms with van der Waals surface area (Å²) in [4.78, 5) is 9.15. The first-order valence-corrected chi connectivity index (χ1v) is 9.85. The number of benzene rings is 2. The van der Waals surface area contributed by atoms with E-state index in [2.05, 4.69) is 67.5 Å². The summed E-state index contributed by atoms with van der Waals surface area (Å²) in [6.07, 6.45) is 8.56. The lowest BCUT2D eigenvalue weighted by molar-refractivity contribution is 0.825. The van der Waals surface area contributed by atoms with Gasteiger partial charge >= 0.3 is 0 Å². The number of aliphatic imine (C=N–C) groups is 2. The smallest absolute Gasteiger partial charge is 0.0714 e. The average Bonchev–Trinajstić information content (AvgIpc) is 2.73. The number of rotatable bonds is 9. The third kappa shape index (κ3) is 5.50. The van der Waals surface area contributed by atoms with Crippen molar-refractivity contribution < 1.29 is 0 Å². The molecule has 0 saturated carbocycles. The van der Waals surface area contributed by atoms with E-state index in [9.17, 15) is 0 Å². The molecule has 0 aromatic heterocycles. The fourth-order valence-corrected chi connectivity index (χ4v) is 3.07. The molecule has 0 heterocycles. The van der Waals surface area contributed by atoms with Crippen LogP contribution in [0.1, 0.15) is 45.6 Å². The number of hydrogen-bond acceptors (Lipinski definition) is 2. The van der Waals surface area contributed by atoms with Crippen LogP contribution in [0.25, 0.3) is 16.7 Å². The van der Waals surface area contributed by atoms with Gasteiger partial charge in [0, 0.05) is 29.3 Å². The maximum atomic E-state index is 4.94. The van der Waals surface area contributed by atoms with Gasteiger partial charge in [0.15, 0.2) is 0 Å². The van der Waals surface area contributed by atoms with Gasteiger partial charge in [-0.3, -0.25) is 9.98 Å². The molecule has 0 amide bonds. The van der Waals surface area contributed by atoms with Crippen LogP contribution >= 0.6 is 0 Å². The molecule has 2 rings (SSSR count). The van der Waals surface area contributed by atoms with Crippen LogP contribution < -0.4 is 0 Å². The quantitative estimate of drug-likeness (QED) is 0.317. The highest BCUT2D eigenvalue weighted by Gasteiger charge is 2.13. The Kier molecular flexibility index (Phi) is 8.36. The van der Waals surface area contributed by atoms with Crippen molar-refractivity contribution in [2.75, 3.05) is 0 Å². The van der Waals surface area contributed by atoms with Crippen LogP contribution in [-0.4, -0.2) is 11.9 Å². The van der Waals surface area contributed by atoms with Crippen molar-refractivity contribution in [2.24, 2.45) is 9.98 Å². The molecule has 2 aromatic carbocycles. The molecule has 0 unspecified atom stereocenters. The molecule has 0 saturated heterocycles. The van der Waals surface area contributed by atoms with E-state index in [0.29, 0.717) is 0 Å².